The van der Waals surface area contributed by atoms with Crippen LogP contribution in [0.4, 0.5) is 5.69 Å². The summed E-state index contributed by atoms with van der Waals surface area (Å²) in [5.74, 6) is -0.217. The van der Waals surface area contributed by atoms with E-state index in [1.807, 2.05) is 0 Å². The number of hydrogen-bond acceptors (Lipinski definition) is 4. The first-order chi connectivity index (χ1) is 16.0. The fourth-order valence-electron chi connectivity index (χ4n) is 3.04. The number of hydrazine groups is 1. The summed E-state index contributed by atoms with van der Waals surface area (Å²) in [6, 6.07) is 20.5. The number of benzene rings is 3. The van der Waals surface area contributed by atoms with Crippen LogP contribution in [0, 0.1) is 5.92 Å². The van der Waals surface area contributed by atoms with Crippen molar-refractivity contribution in [1.29, 1.82) is 0 Å². The predicted octanol–water partition coefficient (Wildman–Crippen LogP) is 4.34. The number of carbonyl (C=O) groups is 3. The van der Waals surface area contributed by atoms with Crippen LogP contribution in [0.2, 0.25) is 5.02 Å². The van der Waals surface area contributed by atoms with Crippen molar-refractivity contribution >= 4 is 35.0 Å². The lowest BCUT2D eigenvalue weighted by atomic mass is 10.1. The highest BCUT2D eigenvalue weighted by Crippen LogP contribution is 2.30. The van der Waals surface area contributed by atoms with E-state index in [4.69, 9.17) is 16.3 Å². The fraction of sp³-hybridized carbons (Fsp3) is 0.160. The standard InChI is InChI=1S/C25H22ClN3O4/c26-20-10-12-22(13-11-20)33-15-16-4-6-18(7-5-16)24(31)28-29-25(32)19-2-1-3-21(14-19)27-23(30)17-8-9-17/h1-7,10-14,17H,8-9,15H2,(H,27,30)(H,28,31)(H,29,32). The van der Waals surface area contributed by atoms with Gasteiger partial charge in [0.1, 0.15) is 12.4 Å². The maximum atomic E-state index is 12.4. The quantitative estimate of drug-likeness (QED) is 0.454. The zero-order valence-electron chi connectivity index (χ0n) is 17.6. The molecule has 0 radical (unpaired) electrons. The lowest BCUT2D eigenvalue weighted by Gasteiger charge is -2.10. The highest BCUT2D eigenvalue weighted by molar-refractivity contribution is 6.30. The van der Waals surface area contributed by atoms with Crippen molar-refractivity contribution in [3.63, 3.8) is 0 Å². The zero-order chi connectivity index (χ0) is 23.2. The molecule has 1 saturated carbocycles. The Balaban J connectivity index is 1.27. The minimum atomic E-state index is -0.487. The third-order valence-corrected chi connectivity index (χ3v) is 5.32. The summed E-state index contributed by atoms with van der Waals surface area (Å²) in [5.41, 5.74) is 6.92. The molecule has 0 heterocycles. The van der Waals surface area contributed by atoms with Crippen molar-refractivity contribution in [2.75, 3.05) is 5.32 Å². The van der Waals surface area contributed by atoms with E-state index >= 15 is 0 Å². The van der Waals surface area contributed by atoms with E-state index in [2.05, 4.69) is 16.2 Å². The van der Waals surface area contributed by atoms with Gasteiger partial charge in [-0.05, 0) is 73.0 Å². The molecule has 3 amide bonds. The van der Waals surface area contributed by atoms with Gasteiger partial charge in [0.05, 0.1) is 0 Å². The molecule has 0 aliphatic heterocycles. The predicted molar refractivity (Wildman–Crippen MR) is 125 cm³/mol. The molecule has 0 atom stereocenters. The second-order valence-corrected chi connectivity index (χ2v) is 8.13. The Morgan fingerprint density at radius 3 is 2.18 bits per heavy atom. The first kappa shape index (κ1) is 22.4. The second-order valence-electron chi connectivity index (χ2n) is 7.69. The van der Waals surface area contributed by atoms with Gasteiger partial charge in [-0.15, -0.1) is 0 Å². The summed E-state index contributed by atoms with van der Waals surface area (Å²) >= 11 is 5.86. The van der Waals surface area contributed by atoms with E-state index in [9.17, 15) is 14.4 Å². The number of amides is 3. The number of ether oxygens (including phenoxy) is 1. The third-order valence-electron chi connectivity index (χ3n) is 5.07. The molecule has 3 N–H and O–H groups in total. The summed E-state index contributed by atoms with van der Waals surface area (Å²) in [6.07, 6.45) is 1.79. The van der Waals surface area contributed by atoms with Crippen molar-refractivity contribution in [1.82, 2.24) is 10.9 Å². The molecular formula is C25H22ClN3O4. The largest absolute Gasteiger partial charge is 0.489 e. The molecule has 1 aliphatic carbocycles. The highest BCUT2D eigenvalue weighted by atomic mass is 35.5. The van der Waals surface area contributed by atoms with E-state index in [0.29, 0.717) is 34.2 Å². The number of carbonyl (C=O) groups excluding carboxylic acids is 3. The van der Waals surface area contributed by atoms with Crippen molar-refractivity contribution in [2.45, 2.75) is 19.4 Å². The molecule has 168 valence electrons. The van der Waals surface area contributed by atoms with Gasteiger partial charge in [0, 0.05) is 27.8 Å². The average molecular weight is 464 g/mol. The first-order valence-electron chi connectivity index (χ1n) is 10.5. The van der Waals surface area contributed by atoms with Crippen LogP contribution in [0.1, 0.15) is 39.1 Å². The topological polar surface area (TPSA) is 96.5 Å². The Labute approximate surface area is 196 Å². The SMILES string of the molecule is O=C(NNC(=O)c1cccc(NC(=O)C2CC2)c1)c1ccc(COc2ccc(Cl)cc2)cc1. The summed E-state index contributed by atoms with van der Waals surface area (Å²) < 4.78 is 5.68. The summed E-state index contributed by atoms with van der Waals surface area (Å²) in [5, 5.41) is 3.43. The number of anilines is 1. The molecule has 1 fully saturated rings. The van der Waals surface area contributed by atoms with Crippen LogP contribution in [-0.2, 0) is 11.4 Å². The summed E-state index contributed by atoms with van der Waals surface area (Å²) in [6.45, 7) is 0.341. The Morgan fingerprint density at radius 2 is 1.52 bits per heavy atom. The molecule has 0 bridgehead atoms. The second kappa shape index (κ2) is 10.2. The summed E-state index contributed by atoms with van der Waals surface area (Å²) in [4.78, 5) is 36.7. The van der Waals surface area contributed by atoms with E-state index in [1.165, 1.54) is 0 Å². The van der Waals surface area contributed by atoms with Gasteiger partial charge < -0.3 is 10.1 Å². The van der Waals surface area contributed by atoms with Crippen LogP contribution in [0.5, 0.6) is 5.75 Å². The van der Waals surface area contributed by atoms with Gasteiger partial charge in [-0.2, -0.15) is 0 Å². The Bertz CT molecular complexity index is 1160. The van der Waals surface area contributed by atoms with Gasteiger partial charge in [0.25, 0.3) is 11.8 Å². The van der Waals surface area contributed by atoms with Crippen LogP contribution in [-0.4, -0.2) is 17.7 Å². The van der Waals surface area contributed by atoms with Crippen molar-refractivity contribution < 1.29 is 19.1 Å². The normalized spacial score (nSPS) is 12.5. The van der Waals surface area contributed by atoms with Crippen molar-refractivity contribution in [3.8, 4) is 5.75 Å². The summed E-state index contributed by atoms with van der Waals surface area (Å²) in [7, 11) is 0. The number of hydrogen-bond donors (Lipinski definition) is 3. The van der Waals surface area contributed by atoms with Crippen molar-refractivity contribution in [2.24, 2.45) is 5.92 Å². The van der Waals surface area contributed by atoms with Gasteiger partial charge in [0.2, 0.25) is 5.91 Å². The molecule has 4 rings (SSSR count). The molecule has 33 heavy (non-hydrogen) atoms. The van der Waals surface area contributed by atoms with Gasteiger partial charge in [-0.1, -0.05) is 29.8 Å². The molecule has 3 aromatic carbocycles. The number of halogens is 1. The van der Waals surface area contributed by atoms with Gasteiger partial charge >= 0.3 is 0 Å². The van der Waals surface area contributed by atoms with E-state index in [0.717, 1.165) is 18.4 Å². The van der Waals surface area contributed by atoms with Gasteiger partial charge in [-0.3, -0.25) is 25.2 Å². The lowest BCUT2D eigenvalue weighted by molar-refractivity contribution is -0.117. The molecule has 7 nitrogen and oxygen atoms in total. The molecule has 8 heteroatoms. The number of rotatable bonds is 7. The number of nitrogens with one attached hydrogen (secondary N) is 3. The molecule has 0 aromatic heterocycles. The van der Waals surface area contributed by atoms with Crippen LogP contribution in [0.3, 0.4) is 0 Å². The molecule has 0 spiro atoms. The Morgan fingerprint density at radius 1 is 0.848 bits per heavy atom. The van der Waals surface area contributed by atoms with E-state index in [1.54, 1.807) is 72.8 Å². The van der Waals surface area contributed by atoms with Gasteiger partial charge in [0.15, 0.2) is 0 Å². The molecule has 0 unspecified atom stereocenters. The van der Waals surface area contributed by atoms with Crippen LogP contribution >= 0.6 is 11.6 Å². The minimum absolute atomic E-state index is 0.0390. The molecule has 1 aliphatic rings. The third kappa shape index (κ3) is 6.33. The monoisotopic (exact) mass is 463 g/mol. The smallest absolute Gasteiger partial charge is 0.269 e. The highest BCUT2D eigenvalue weighted by Gasteiger charge is 2.29. The van der Waals surface area contributed by atoms with Crippen LogP contribution in [0.25, 0.3) is 0 Å². The zero-order valence-corrected chi connectivity index (χ0v) is 18.4. The Kier molecular flexibility index (Phi) is 6.90. The van der Waals surface area contributed by atoms with Crippen LogP contribution < -0.4 is 20.9 Å². The first-order valence-corrected chi connectivity index (χ1v) is 10.8. The van der Waals surface area contributed by atoms with Gasteiger partial charge in [-0.25, -0.2) is 0 Å². The van der Waals surface area contributed by atoms with E-state index < -0.39 is 11.8 Å². The maximum absolute atomic E-state index is 12.4. The van der Waals surface area contributed by atoms with E-state index in [-0.39, 0.29) is 11.8 Å². The molecule has 3 aromatic rings. The maximum Gasteiger partial charge on any atom is 0.269 e. The van der Waals surface area contributed by atoms with Crippen molar-refractivity contribution in [3.05, 3.63) is 94.5 Å². The fourth-order valence-corrected chi connectivity index (χ4v) is 3.16. The molecular weight excluding hydrogens is 442 g/mol. The van der Waals surface area contributed by atoms with Crippen LogP contribution in [0.15, 0.2) is 72.8 Å². The molecule has 0 saturated heterocycles. The Hall–Kier alpha value is -3.84. The average Bonchev–Trinajstić information content (AvgIpc) is 3.68. The minimum Gasteiger partial charge on any atom is -0.489 e. The lowest BCUT2D eigenvalue weighted by Crippen LogP contribution is -2.41.